The lowest BCUT2D eigenvalue weighted by Crippen LogP contribution is -2.21. The van der Waals surface area contributed by atoms with Crippen LogP contribution in [-0.2, 0) is 9.84 Å². The molecular formula is C13H19NO2S. The fourth-order valence-corrected chi connectivity index (χ4v) is 2.92. The minimum Gasteiger partial charge on any atom is -0.374 e. The molecule has 0 bridgehead atoms. The van der Waals surface area contributed by atoms with Crippen molar-refractivity contribution in [1.82, 2.24) is 0 Å². The minimum absolute atomic E-state index is 0.429. The van der Waals surface area contributed by atoms with Crippen LogP contribution in [0.1, 0.15) is 19.3 Å². The van der Waals surface area contributed by atoms with Gasteiger partial charge in [0.1, 0.15) is 0 Å². The topological polar surface area (TPSA) is 37.4 Å². The van der Waals surface area contributed by atoms with Crippen LogP contribution in [0, 0.1) is 5.92 Å². The number of para-hydroxylation sites is 1. The Morgan fingerprint density at radius 1 is 1.29 bits per heavy atom. The molecule has 0 N–H and O–H groups in total. The van der Waals surface area contributed by atoms with Gasteiger partial charge in [-0.3, -0.25) is 0 Å². The van der Waals surface area contributed by atoms with Gasteiger partial charge in [-0.15, -0.1) is 0 Å². The van der Waals surface area contributed by atoms with Crippen molar-refractivity contribution in [2.24, 2.45) is 5.92 Å². The Kier molecular flexibility index (Phi) is 3.43. The summed E-state index contributed by atoms with van der Waals surface area (Å²) in [7, 11) is -1.18. The predicted octanol–water partition coefficient (Wildman–Crippen LogP) is 2.33. The predicted molar refractivity (Wildman–Crippen MR) is 70.2 cm³/mol. The first-order chi connectivity index (χ1) is 7.98. The lowest BCUT2D eigenvalue weighted by molar-refractivity contribution is 0.601. The molecular weight excluding hydrogens is 234 g/mol. The van der Waals surface area contributed by atoms with Crippen LogP contribution in [0.2, 0.25) is 0 Å². The van der Waals surface area contributed by atoms with E-state index in [1.807, 2.05) is 19.2 Å². The monoisotopic (exact) mass is 253 g/mol. The summed E-state index contributed by atoms with van der Waals surface area (Å²) in [5.74, 6) is 0.864. The third-order valence-electron chi connectivity index (χ3n) is 3.25. The third kappa shape index (κ3) is 3.22. The van der Waals surface area contributed by atoms with Crippen LogP contribution in [-0.4, -0.2) is 28.3 Å². The molecule has 0 amide bonds. The highest BCUT2D eigenvalue weighted by molar-refractivity contribution is 7.90. The summed E-state index contributed by atoms with van der Waals surface area (Å²) in [6.07, 6.45) is 5.10. The number of rotatable bonds is 5. The van der Waals surface area contributed by atoms with Gasteiger partial charge >= 0.3 is 0 Å². The van der Waals surface area contributed by atoms with E-state index in [4.69, 9.17) is 0 Å². The molecule has 1 aliphatic rings. The Hall–Kier alpha value is -1.03. The number of hydrogen-bond acceptors (Lipinski definition) is 3. The van der Waals surface area contributed by atoms with Crippen LogP contribution < -0.4 is 4.90 Å². The lowest BCUT2D eigenvalue weighted by Gasteiger charge is -2.21. The van der Waals surface area contributed by atoms with Gasteiger partial charge in [-0.25, -0.2) is 8.42 Å². The molecule has 4 heteroatoms. The molecule has 3 nitrogen and oxygen atoms in total. The molecule has 0 aromatic heterocycles. The maximum absolute atomic E-state index is 11.7. The van der Waals surface area contributed by atoms with Crippen LogP contribution >= 0.6 is 0 Å². The Morgan fingerprint density at radius 2 is 1.94 bits per heavy atom. The van der Waals surface area contributed by atoms with Crippen molar-refractivity contribution in [3.05, 3.63) is 24.3 Å². The third-order valence-corrected chi connectivity index (χ3v) is 4.39. The second-order valence-corrected chi connectivity index (χ2v) is 6.88. The van der Waals surface area contributed by atoms with E-state index in [1.165, 1.54) is 19.1 Å². The van der Waals surface area contributed by atoms with Crippen LogP contribution in [0.25, 0.3) is 0 Å². The quantitative estimate of drug-likeness (QED) is 0.808. The second kappa shape index (κ2) is 4.69. The van der Waals surface area contributed by atoms with E-state index in [1.54, 1.807) is 12.1 Å². The Bertz CT molecular complexity index is 492. The molecule has 1 aromatic rings. The fraction of sp³-hybridized carbons (Fsp3) is 0.538. The highest BCUT2D eigenvalue weighted by Gasteiger charge is 2.22. The second-order valence-electron chi connectivity index (χ2n) is 4.89. The van der Waals surface area contributed by atoms with Crippen molar-refractivity contribution < 1.29 is 8.42 Å². The largest absolute Gasteiger partial charge is 0.374 e. The van der Waals surface area contributed by atoms with Gasteiger partial charge in [0, 0.05) is 19.8 Å². The average molecular weight is 253 g/mol. The molecule has 0 aliphatic heterocycles. The molecule has 0 radical (unpaired) electrons. The van der Waals surface area contributed by atoms with Gasteiger partial charge in [0.2, 0.25) is 0 Å². The van der Waals surface area contributed by atoms with Crippen molar-refractivity contribution in [1.29, 1.82) is 0 Å². The molecule has 94 valence electrons. The van der Waals surface area contributed by atoms with Gasteiger partial charge < -0.3 is 4.90 Å². The van der Waals surface area contributed by atoms with Gasteiger partial charge in [-0.2, -0.15) is 0 Å². The summed E-state index contributed by atoms with van der Waals surface area (Å²) in [6.45, 7) is 0.928. The Labute approximate surface area is 103 Å². The Morgan fingerprint density at radius 3 is 2.53 bits per heavy atom. The first-order valence-electron chi connectivity index (χ1n) is 5.98. The first-order valence-corrected chi connectivity index (χ1v) is 7.88. The summed E-state index contributed by atoms with van der Waals surface area (Å²) in [5.41, 5.74) is 0.815. The summed E-state index contributed by atoms with van der Waals surface area (Å²) in [6, 6.07) is 7.22. The van der Waals surface area contributed by atoms with E-state index < -0.39 is 9.84 Å². The van der Waals surface area contributed by atoms with Gasteiger partial charge in [0.05, 0.1) is 10.6 Å². The fourth-order valence-electron chi connectivity index (χ4n) is 1.99. The number of sulfone groups is 1. The van der Waals surface area contributed by atoms with E-state index in [0.29, 0.717) is 4.90 Å². The highest BCUT2D eigenvalue weighted by atomic mass is 32.2. The van der Waals surface area contributed by atoms with Gasteiger partial charge in [0.25, 0.3) is 0 Å². The molecule has 1 saturated carbocycles. The summed E-state index contributed by atoms with van der Waals surface area (Å²) >= 11 is 0. The van der Waals surface area contributed by atoms with E-state index in [0.717, 1.165) is 24.6 Å². The number of anilines is 1. The van der Waals surface area contributed by atoms with Crippen LogP contribution in [0.15, 0.2) is 29.2 Å². The van der Waals surface area contributed by atoms with Crippen molar-refractivity contribution in [2.45, 2.75) is 24.2 Å². The number of hydrogen-bond donors (Lipinski definition) is 0. The molecule has 0 saturated heterocycles. The standard InChI is InChI=1S/C13H19NO2S/c1-14(10-9-11-7-8-11)12-5-3-4-6-13(12)17(2,15)16/h3-6,11H,7-10H2,1-2H3. The smallest absolute Gasteiger partial charge is 0.177 e. The van der Waals surface area contributed by atoms with E-state index >= 15 is 0 Å². The molecule has 1 aromatic carbocycles. The average Bonchev–Trinajstić information content (AvgIpc) is 3.08. The summed E-state index contributed by atoms with van der Waals surface area (Å²) in [4.78, 5) is 2.48. The normalized spacial score (nSPS) is 15.9. The Balaban J connectivity index is 2.18. The van der Waals surface area contributed by atoms with E-state index in [9.17, 15) is 8.42 Å². The van der Waals surface area contributed by atoms with Crippen molar-refractivity contribution in [3.63, 3.8) is 0 Å². The van der Waals surface area contributed by atoms with Crippen molar-refractivity contribution >= 4 is 15.5 Å². The maximum Gasteiger partial charge on any atom is 0.177 e. The lowest BCUT2D eigenvalue weighted by atomic mass is 10.2. The van der Waals surface area contributed by atoms with Gasteiger partial charge in [0.15, 0.2) is 9.84 Å². The van der Waals surface area contributed by atoms with Crippen molar-refractivity contribution in [3.8, 4) is 0 Å². The van der Waals surface area contributed by atoms with Crippen LogP contribution in [0.5, 0.6) is 0 Å². The zero-order valence-corrected chi connectivity index (χ0v) is 11.2. The van der Waals surface area contributed by atoms with Crippen LogP contribution in [0.4, 0.5) is 5.69 Å². The molecule has 1 aliphatic carbocycles. The van der Waals surface area contributed by atoms with Gasteiger partial charge in [-0.05, 0) is 24.5 Å². The van der Waals surface area contributed by atoms with Crippen LogP contribution in [0.3, 0.4) is 0 Å². The molecule has 17 heavy (non-hydrogen) atoms. The summed E-state index contributed by atoms with van der Waals surface area (Å²) < 4.78 is 23.4. The van der Waals surface area contributed by atoms with Gasteiger partial charge in [-0.1, -0.05) is 25.0 Å². The highest BCUT2D eigenvalue weighted by Crippen LogP contribution is 2.33. The zero-order chi connectivity index (χ0) is 12.5. The molecule has 0 atom stereocenters. The number of nitrogens with zero attached hydrogens (tertiary/aromatic N) is 1. The molecule has 0 heterocycles. The van der Waals surface area contributed by atoms with E-state index in [-0.39, 0.29) is 0 Å². The first kappa shape index (κ1) is 12.4. The SMILES string of the molecule is CN(CCC1CC1)c1ccccc1S(C)(=O)=O. The zero-order valence-electron chi connectivity index (χ0n) is 10.4. The molecule has 2 rings (SSSR count). The summed E-state index contributed by atoms with van der Waals surface area (Å²) in [5, 5.41) is 0. The molecule has 0 spiro atoms. The van der Waals surface area contributed by atoms with E-state index in [2.05, 4.69) is 4.90 Å². The molecule has 0 unspecified atom stereocenters. The number of benzene rings is 1. The molecule has 1 fully saturated rings. The maximum atomic E-state index is 11.7. The minimum atomic E-state index is -3.14. The van der Waals surface area contributed by atoms with Crippen molar-refractivity contribution in [2.75, 3.05) is 24.7 Å².